The lowest BCUT2D eigenvalue weighted by molar-refractivity contribution is 0.0984. The zero-order chi connectivity index (χ0) is 15.4. The third-order valence-electron chi connectivity index (χ3n) is 3.11. The van der Waals surface area contributed by atoms with Gasteiger partial charge in [-0.2, -0.15) is 0 Å². The molecule has 0 radical (unpaired) electrons. The van der Waals surface area contributed by atoms with Crippen LogP contribution >= 0.6 is 0 Å². The zero-order valence-corrected chi connectivity index (χ0v) is 11.8. The highest BCUT2D eigenvalue weighted by Crippen LogP contribution is 2.21. The van der Waals surface area contributed by atoms with Crippen molar-refractivity contribution < 1.29 is 18.3 Å². The van der Waals surface area contributed by atoms with Crippen molar-refractivity contribution in [1.82, 2.24) is 0 Å². The number of carbonyl (C=O) groups is 1. The Morgan fingerprint density at radius 3 is 2.33 bits per heavy atom. The van der Waals surface area contributed by atoms with Crippen LogP contribution in [0, 0.1) is 11.6 Å². The van der Waals surface area contributed by atoms with Gasteiger partial charge in [-0.25, -0.2) is 8.78 Å². The minimum atomic E-state index is -0.653. The lowest BCUT2D eigenvalue weighted by atomic mass is 10.1. The van der Waals surface area contributed by atoms with Crippen LogP contribution in [0.5, 0.6) is 5.75 Å². The summed E-state index contributed by atoms with van der Waals surface area (Å²) in [5.41, 5.74) is 0.459. The lowest BCUT2D eigenvalue weighted by Crippen LogP contribution is -2.31. The number of benzene rings is 2. The van der Waals surface area contributed by atoms with E-state index in [1.165, 1.54) is 48.4 Å². The molecule has 3 nitrogen and oxygen atoms in total. The van der Waals surface area contributed by atoms with Crippen LogP contribution in [0.15, 0.2) is 42.5 Å². The molecule has 0 aliphatic carbocycles. The zero-order valence-electron chi connectivity index (χ0n) is 11.8. The van der Waals surface area contributed by atoms with Gasteiger partial charge >= 0.3 is 0 Å². The Hall–Kier alpha value is -2.43. The largest absolute Gasteiger partial charge is 0.497 e. The second-order valence-corrected chi connectivity index (χ2v) is 4.37. The van der Waals surface area contributed by atoms with E-state index >= 15 is 0 Å². The van der Waals surface area contributed by atoms with E-state index in [0.717, 1.165) is 6.07 Å². The van der Waals surface area contributed by atoms with Crippen LogP contribution in [0.1, 0.15) is 17.3 Å². The molecular formula is C16H15F2NO2. The standard InChI is InChI=1S/C16H15F2NO2/c1-3-19(12-6-4-11(17)5-7-12)16(20)14-9-8-13(21-2)10-15(14)18/h4-10H,3H2,1-2H3. The molecule has 0 aliphatic heterocycles. The highest BCUT2D eigenvalue weighted by molar-refractivity contribution is 6.06. The molecule has 21 heavy (non-hydrogen) atoms. The van der Waals surface area contributed by atoms with E-state index < -0.39 is 17.5 Å². The summed E-state index contributed by atoms with van der Waals surface area (Å²) < 4.78 is 31.8. The van der Waals surface area contributed by atoms with Gasteiger partial charge in [0.25, 0.3) is 5.91 Å². The Morgan fingerprint density at radius 2 is 1.81 bits per heavy atom. The maximum absolute atomic E-state index is 14.0. The summed E-state index contributed by atoms with van der Waals surface area (Å²) in [5, 5.41) is 0. The molecule has 0 aromatic heterocycles. The lowest BCUT2D eigenvalue weighted by Gasteiger charge is -2.21. The number of carbonyl (C=O) groups excluding carboxylic acids is 1. The first-order valence-corrected chi connectivity index (χ1v) is 6.47. The van der Waals surface area contributed by atoms with Gasteiger partial charge in [-0.3, -0.25) is 4.79 Å². The predicted octanol–water partition coefficient (Wildman–Crippen LogP) is 3.64. The van der Waals surface area contributed by atoms with Crippen LogP contribution < -0.4 is 9.64 Å². The predicted molar refractivity (Wildman–Crippen MR) is 76.7 cm³/mol. The number of nitrogens with zero attached hydrogens (tertiary/aromatic N) is 1. The molecule has 0 bridgehead atoms. The van der Waals surface area contributed by atoms with E-state index in [1.807, 2.05) is 0 Å². The van der Waals surface area contributed by atoms with Gasteiger partial charge in [0.05, 0.1) is 12.7 Å². The van der Waals surface area contributed by atoms with Gasteiger partial charge in [0.1, 0.15) is 17.4 Å². The van der Waals surface area contributed by atoms with Gasteiger partial charge in [-0.05, 0) is 43.3 Å². The smallest absolute Gasteiger partial charge is 0.261 e. The monoisotopic (exact) mass is 291 g/mol. The molecule has 0 saturated heterocycles. The second kappa shape index (κ2) is 6.35. The first kappa shape index (κ1) is 15.0. The van der Waals surface area contributed by atoms with Crippen LogP contribution in [0.2, 0.25) is 0 Å². The SMILES string of the molecule is CCN(C(=O)c1ccc(OC)cc1F)c1ccc(F)cc1. The molecular weight excluding hydrogens is 276 g/mol. The summed E-state index contributed by atoms with van der Waals surface area (Å²) in [6.45, 7) is 2.11. The number of hydrogen-bond donors (Lipinski definition) is 0. The van der Waals surface area contributed by atoms with Gasteiger partial charge in [0.15, 0.2) is 0 Å². The molecule has 2 aromatic rings. The number of hydrogen-bond acceptors (Lipinski definition) is 2. The molecule has 0 spiro atoms. The van der Waals surface area contributed by atoms with E-state index in [2.05, 4.69) is 0 Å². The fraction of sp³-hybridized carbons (Fsp3) is 0.188. The van der Waals surface area contributed by atoms with Gasteiger partial charge in [0.2, 0.25) is 0 Å². The summed E-state index contributed by atoms with van der Waals surface area (Å²) in [5.74, 6) is -1.18. The van der Waals surface area contributed by atoms with Crippen molar-refractivity contribution >= 4 is 11.6 Å². The van der Waals surface area contributed by atoms with Crippen LogP contribution in [-0.2, 0) is 0 Å². The number of ether oxygens (including phenoxy) is 1. The Morgan fingerprint density at radius 1 is 1.14 bits per heavy atom. The Labute approximate surface area is 121 Å². The van der Waals surface area contributed by atoms with E-state index in [-0.39, 0.29) is 5.56 Å². The van der Waals surface area contributed by atoms with E-state index in [0.29, 0.717) is 18.0 Å². The molecule has 110 valence electrons. The summed E-state index contributed by atoms with van der Waals surface area (Å²) in [7, 11) is 1.42. The molecule has 0 aliphatic rings. The number of amides is 1. The molecule has 2 aromatic carbocycles. The Kier molecular flexibility index (Phi) is 4.52. The van der Waals surface area contributed by atoms with Crippen LogP contribution in [0.25, 0.3) is 0 Å². The second-order valence-electron chi connectivity index (χ2n) is 4.37. The number of halogens is 2. The molecule has 0 fully saturated rings. The van der Waals surface area contributed by atoms with Crippen molar-refractivity contribution in [3.63, 3.8) is 0 Å². The maximum atomic E-state index is 14.0. The minimum Gasteiger partial charge on any atom is -0.497 e. The first-order chi connectivity index (χ1) is 10.1. The number of methoxy groups -OCH3 is 1. The fourth-order valence-corrected chi connectivity index (χ4v) is 2.01. The number of anilines is 1. The Balaban J connectivity index is 2.34. The molecule has 0 unspecified atom stereocenters. The van der Waals surface area contributed by atoms with Crippen molar-refractivity contribution in [1.29, 1.82) is 0 Å². The van der Waals surface area contributed by atoms with Crippen molar-refractivity contribution in [2.45, 2.75) is 6.92 Å². The molecule has 0 heterocycles. The maximum Gasteiger partial charge on any atom is 0.261 e. The summed E-state index contributed by atoms with van der Waals surface area (Å²) in [6.07, 6.45) is 0. The third-order valence-corrected chi connectivity index (χ3v) is 3.11. The van der Waals surface area contributed by atoms with Gasteiger partial charge in [0, 0.05) is 18.3 Å². The van der Waals surface area contributed by atoms with Crippen LogP contribution in [0.4, 0.5) is 14.5 Å². The third kappa shape index (κ3) is 3.18. The molecule has 2 rings (SSSR count). The van der Waals surface area contributed by atoms with E-state index in [4.69, 9.17) is 4.74 Å². The minimum absolute atomic E-state index is 0.0537. The summed E-state index contributed by atoms with van der Waals surface area (Å²) >= 11 is 0. The average Bonchev–Trinajstić information content (AvgIpc) is 2.49. The van der Waals surface area contributed by atoms with Crippen molar-refractivity contribution in [3.8, 4) is 5.75 Å². The van der Waals surface area contributed by atoms with E-state index in [1.54, 1.807) is 6.92 Å². The average molecular weight is 291 g/mol. The molecule has 0 atom stereocenters. The van der Waals surface area contributed by atoms with Crippen LogP contribution in [-0.4, -0.2) is 19.6 Å². The highest BCUT2D eigenvalue weighted by atomic mass is 19.1. The Bertz CT molecular complexity index is 641. The summed E-state index contributed by atoms with van der Waals surface area (Å²) in [6, 6.07) is 9.55. The van der Waals surface area contributed by atoms with Crippen molar-refractivity contribution in [2.75, 3.05) is 18.6 Å². The van der Waals surface area contributed by atoms with E-state index in [9.17, 15) is 13.6 Å². The fourth-order valence-electron chi connectivity index (χ4n) is 2.01. The van der Waals surface area contributed by atoms with Gasteiger partial charge in [-0.1, -0.05) is 0 Å². The summed E-state index contributed by atoms with van der Waals surface area (Å²) in [4.78, 5) is 13.8. The molecule has 0 saturated carbocycles. The van der Waals surface area contributed by atoms with Crippen molar-refractivity contribution in [3.05, 3.63) is 59.7 Å². The van der Waals surface area contributed by atoms with Gasteiger partial charge in [-0.15, -0.1) is 0 Å². The van der Waals surface area contributed by atoms with Crippen molar-refractivity contribution in [2.24, 2.45) is 0 Å². The molecule has 1 amide bonds. The van der Waals surface area contributed by atoms with Gasteiger partial charge < -0.3 is 9.64 Å². The van der Waals surface area contributed by atoms with Crippen LogP contribution in [0.3, 0.4) is 0 Å². The highest BCUT2D eigenvalue weighted by Gasteiger charge is 2.20. The topological polar surface area (TPSA) is 29.5 Å². The normalized spacial score (nSPS) is 10.3. The first-order valence-electron chi connectivity index (χ1n) is 6.47. The quantitative estimate of drug-likeness (QED) is 0.860. The molecule has 5 heteroatoms. The molecule has 0 N–H and O–H groups in total. The number of rotatable bonds is 4.